The zero-order chi connectivity index (χ0) is 44.5. The summed E-state index contributed by atoms with van der Waals surface area (Å²) >= 11 is 0. The van der Waals surface area contributed by atoms with Gasteiger partial charge >= 0.3 is 0 Å². The van der Waals surface area contributed by atoms with Gasteiger partial charge in [0.05, 0.1) is 0 Å². The second-order valence-corrected chi connectivity index (χ2v) is 22.2. The lowest BCUT2D eigenvalue weighted by molar-refractivity contribution is 1.23. The summed E-state index contributed by atoms with van der Waals surface area (Å²) in [5.74, 6) is 0. The number of hydrogen-bond donors (Lipinski definition) is 0. The van der Waals surface area contributed by atoms with Gasteiger partial charge < -0.3 is 9.80 Å². The second kappa shape index (κ2) is 15.8. The third kappa shape index (κ3) is 6.24. The molecule has 0 saturated carbocycles. The van der Waals surface area contributed by atoms with Crippen molar-refractivity contribution in [3.63, 3.8) is 0 Å². The van der Waals surface area contributed by atoms with Crippen LogP contribution in [0.1, 0.15) is 22.3 Å². The first-order valence-corrected chi connectivity index (χ1v) is 25.2. The normalized spacial score (nSPS) is 12.8. The van der Waals surface area contributed by atoms with E-state index in [9.17, 15) is 0 Å². The highest BCUT2D eigenvalue weighted by Gasteiger charge is 2.47. The van der Waals surface area contributed by atoms with Gasteiger partial charge in [-0.25, -0.2) is 0 Å². The van der Waals surface area contributed by atoms with Crippen molar-refractivity contribution in [2.75, 3.05) is 9.80 Å². The summed E-state index contributed by atoms with van der Waals surface area (Å²) < 4.78 is 0. The first-order valence-electron chi connectivity index (χ1n) is 23.2. The zero-order valence-electron chi connectivity index (χ0n) is 37.8. The Morgan fingerprint density at radius 1 is 0.364 bits per heavy atom. The van der Waals surface area contributed by atoms with E-state index in [1.54, 1.807) is 0 Å². The lowest BCUT2D eigenvalue weighted by Gasteiger charge is -2.45. The monoisotopic (exact) mass is 860 g/mol. The zero-order valence-corrected chi connectivity index (χ0v) is 38.8. The Balaban J connectivity index is 1.23. The van der Waals surface area contributed by atoms with Crippen molar-refractivity contribution >= 4 is 96.8 Å². The van der Waals surface area contributed by atoms with Gasteiger partial charge in [-0.15, -0.1) is 0 Å². The molecule has 0 aromatic heterocycles. The van der Waals surface area contributed by atoms with Crippen molar-refractivity contribution in [1.29, 1.82) is 0 Å². The molecule has 2 heterocycles. The maximum atomic E-state index is 2.63. The molecule has 10 aromatic carbocycles. The Morgan fingerprint density at radius 3 is 1.53 bits per heavy atom. The molecule has 4 heteroatoms. The van der Waals surface area contributed by atoms with Gasteiger partial charge in [0.2, 0.25) is 0 Å². The van der Waals surface area contributed by atoms with Gasteiger partial charge in [0.1, 0.15) is 0 Å². The van der Waals surface area contributed by atoms with Crippen LogP contribution in [0.25, 0.3) is 21.9 Å². The molecule has 0 bridgehead atoms. The number of benzene rings is 10. The predicted octanol–water partition coefficient (Wildman–Crippen LogP) is 11.2. The van der Waals surface area contributed by atoms with Gasteiger partial charge in [-0.2, -0.15) is 0 Å². The molecule has 314 valence electrons. The van der Waals surface area contributed by atoms with Crippen molar-refractivity contribution in [2.24, 2.45) is 0 Å². The topological polar surface area (TPSA) is 6.48 Å². The van der Waals surface area contributed by atoms with Crippen LogP contribution in [0.15, 0.2) is 224 Å². The Labute approximate surface area is 390 Å². The molecule has 12 rings (SSSR count). The average molecular weight is 861 g/mol. The minimum atomic E-state index is -2.89. The van der Waals surface area contributed by atoms with Crippen molar-refractivity contribution in [2.45, 2.75) is 27.7 Å². The van der Waals surface area contributed by atoms with Gasteiger partial charge in [-0.3, -0.25) is 0 Å². The molecule has 10 aromatic rings. The Morgan fingerprint density at radius 2 is 0.879 bits per heavy atom. The molecular formula is C62H49BN2Si. The van der Waals surface area contributed by atoms with Crippen LogP contribution in [-0.2, 0) is 0 Å². The highest BCUT2D eigenvalue weighted by Crippen LogP contribution is 2.47. The number of fused-ring (bicyclic) bond motifs is 5. The van der Waals surface area contributed by atoms with Crippen molar-refractivity contribution in [3.05, 3.63) is 247 Å². The third-order valence-corrected chi connectivity index (χ3v) is 19.0. The minimum Gasteiger partial charge on any atom is -0.311 e. The SMILES string of the molecule is Cc1ccc(N2c3ccc(C)cc3B3c4cc([Si](c5ccccc5)(c5ccccc5)c5ccccc5)ccc4N(c4ccc(C)cc4C)c4cc(-c5cccc6ccccc56)cc2c43)cc1. The van der Waals surface area contributed by atoms with Gasteiger partial charge in [0, 0.05) is 34.1 Å². The molecular weight excluding hydrogens is 812 g/mol. The van der Waals surface area contributed by atoms with E-state index in [4.69, 9.17) is 0 Å². The first kappa shape index (κ1) is 39.9. The Hall–Kier alpha value is -7.66. The third-order valence-electron chi connectivity index (χ3n) is 14.3. The van der Waals surface area contributed by atoms with Gasteiger partial charge in [0.25, 0.3) is 6.71 Å². The van der Waals surface area contributed by atoms with Crippen molar-refractivity contribution < 1.29 is 0 Å². The number of aryl methyl sites for hydroxylation is 4. The van der Waals surface area contributed by atoms with Crippen molar-refractivity contribution in [1.82, 2.24) is 0 Å². The van der Waals surface area contributed by atoms with Crippen LogP contribution in [0.5, 0.6) is 0 Å². The molecule has 0 fully saturated rings. The van der Waals surface area contributed by atoms with Crippen LogP contribution in [0.2, 0.25) is 0 Å². The van der Waals surface area contributed by atoms with Gasteiger partial charge in [0.15, 0.2) is 8.07 Å². The molecule has 0 aliphatic carbocycles. The van der Waals surface area contributed by atoms with E-state index in [1.807, 2.05) is 0 Å². The number of nitrogens with zero attached hydrogens (tertiary/aromatic N) is 2. The van der Waals surface area contributed by atoms with E-state index in [0.717, 1.165) is 5.69 Å². The fourth-order valence-corrected chi connectivity index (χ4v) is 16.1. The quantitative estimate of drug-likeness (QED) is 0.116. The number of rotatable bonds is 7. The van der Waals surface area contributed by atoms with E-state index in [0.29, 0.717) is 0 Å². The summed E-state index contributed by atoms with van der Waals surface area (Å²) in [5.41, 5.74) is 18.6. The molecule has 2 aliphatic heterocycles. The smallest absolute Gasteiger partial charge is 0.252 e. The van der Waals surface area contributed by atoms with Gasteiger partial charge in [-0.1, -0.05) is 199 Å². The molecule has 0 unspecified atom stereocenters. The predicted molar refractivity (Wildman–Crippen MR) is 286 cm³/mol. The fourth-order valence-electron chi connectivity index (χ4n) is 11.3. The van der Waals surface area contributed by atoms with E-state index >= 15 is 0 Å². The minimum absolute atomic E-state index is 0.0425. The highest BCUT2D eigenvalue weighted by atomic mass is 28.3. The molecule has 0 spiro atoms. The summed E-state index contributed by atoms with van der Waals surface area (Å²) in [6.07, 6.45) is 0. The van der Waals surface area contributed by atoms with Crippen LogP contribution >= 0.6 is 0 Å². The summed E-state index contributed by atoms with van der Waals surface area (Å²) in [7, 11) is -2.89. The lowest BCUT2D eigenvalue weighted by atomic mass is 9.33. The van der Waals surface area contributed by atoms with Gasteiger partial charge in [-0.05, 0) is 135 Å². The molecule has 0 amide bonds. The average Bonchev–Trinajstić information content (AvgIpc) is 3.35. The summed E-state index contributed by atoms with van der Waals surface area (Å²) in [6.45, 7) is 8.86. The maximum absolute atomic E-state index is 2.89. The molecule has 0 radical (unpaired) electrons. The van der Waals surface area contributed by atoms with E-state index in [2.05, 4.69) is 262 Å². The number of hydrogen-bond acceptors (Lipinski definition) is 2. The van der Waals surface area contributed by atoms with E-state index in [1.165, 1.54) is 110 Å². The second-order valence-electron chi connectivity index (χ2n) is 18.4. The standard InChI is InChI=1S/C62H49BN2Si/c1-42-27-31-48(32-28-42)64-58-35-30-44(3)38-55(58)63-56-41-52(66(49-19-8-5-9-20-49,50-21-10-6-11-22-50)51-23-12-7-13-24-51)33-36-59(56)65(57-34-29-43(2)37-45(57)4)61-40-47(39-60(64)62(61)63)54-26-16-18-46-17-14-15-25-53(46)54/h5-41H,1-4H3. The largest absolute Gasteiger partial charge is 0.311 e. The van der Waals surface area contributed by atoms with E-state index in [-0.39, 0.29) is 6.71 Å². The van der Waals surface area contributed by atoms with Crippen LogP contribution in [0.4, 0.5) is 34.1 Å². The van der Waals surface area contributed by atoms with Crippen molar-refractivity contribution in [3.8, 4) is 11.1 Å². The Bertz CT molecular complexity index is 3370. The molecule has 0 N–H and O–H groups in total. The molecule has 0 saturated heterocycles. The van der Waals surface area contributed by atoms with Crippen LogP contribution < -0.4 is 46.9 Å². The summed E-state index contributed by atoms with van der Waals surface area (Å²) in [6, 6.07) is 85.3. The van der Waals surface area contributed by atoms with Crippen LogP contribution in [0, 0.1) is 27.7 Å². The first-order chi connectivity index (χ1) is 32.4. The highest BCUT2D eigenvalue weighted by molar-refractivity contribution is 7.20. The van der Waals surface area contributed by atoms with E-state index < -0.39 is 8.07 Å². The fraction of sp³-hybridized carbons (Fsp3) is 0.0645. The van der Waals surface area contributed by atoms with Crippen LogP contribution in [0.3, 0.4) is 0 Å². The Kier molecular flexibility index (Phi) is 9.55. The summed E-state index contributed by atoms with van der Waals surface area (Å²) in [4.78, 5) is 5.15. The molecule has 0 atom stereocenters. The molecule has 66 heavy (non-hydrogen) atoms. The number of anilines is 6. The molecule has 2 nitrogen and oxygen atoms in total. The maximum Gasteiger partial charge on any atom is 0.252 e. The lowest BCUT2D eigenvalue weighted by Crippen LogP contribution is -2.75. The molecule has 2 aliphatic rings. The summed E-state index contributed by atoms with van der Waals surface area (Å²) in [5, 5.41) is 7.97. The van der Waals surface area contributed by atoms with Crippen LogP contribution in [-0.4, -0.2) is 14.8 Å².